The summed E-state index contributed by atoms with van der Waals surface area (Å²) in [4.78, 5) is 26.1. The van der Waals surface area contributed by atoms with E-state index >= 15 is 0 Å². The third-order valence-corrected chi connectivity index (χ3v) is 6.39. The molecule has 0 radical (unpaired) electrons. The van der Waals surface area contributed by atoms with Gasteiger partial charge in [0.15, 0.2) is 5.58 Å². The Balaban J connectivity index is 2.13. The number of hydrogen-bond acceptors (Lipinski definition) is 6. The number of carbonyl (C=O) groups excluding carboxylic acids is 1. The van der Waals surface area contributed by atoms with Gasteiger partial charge in [0.25, 0.3) is 0 Å². The standard InChI is InChI=1S/C21H22O6S2/c1-4-5-6-9-26-21(23)13-7-8-17-15(10-13)19(22)16-11-14(28(2)24)12-18(29(3)25)20(16)27-17/h7-8,10-12H,4-6,9H2,1-3H3. The average molecular weight is 435 g/mol. The molecule has 1 heterocycles. The van der Waals surface area contributed by atoms with Crippen molar-refractivity contribution >= 4 is 49.5 Å². The zero-order valence-corrected chi connectivity index (χ0v) is 18.1. The molecule has 0 aliphatic rings. The largest absolute Gasteiger partial charge is 0.462 e. The Labute approximate surface area is 173 Å². The highest BCUT2D eigenvalue weighted by molar-refractivity contribution is 7.85. The normalized spacial score (nSPS) is 13.5. The number of ether oxygens (including phenoxy) is 1. The summed E-state index contributed by atoms with van der Waals surface area (Å²) >= 11 is 0. The summed E-state index contributed by atoms with van der Waals surface area (Å²) in [6.45, 7) is 2.39. The molecule has 0 N–H and O–H groups in total. The second-order valence-electron chi connectivity index (χ2n) is 6.69. The number of esters is 1. The van der Waals surface area contributed by atoms with Crippen LogP contribution in [0.2, 0.25) is 0 Å². The summed E-state index contributed by atoms with van der Waals surface area (Å²) in [7, 11) is -2.80. The molecule has 0 saturated carbocycles. The number of hydrogen-bond donors (Lipinski definition) is 0. The van der Waals surface area contributed by atoms with Crippen LogP contribution in [0.25, 0.3) is 21.9 Å². The van der Waals surface area contributed by atoms with E-state index in [1.165, 1.54) is 42.8 Å². The second kappa shape index (κ2) is 9.00. The minimum absolute atomic E-state index is 0.184. The molecule has 8 heteroatoms. The Kier molecular flexibility index (Phi) is 6.64. The first-order valence-corrected chi connectivity index (χ1v) is 12.3. The van der Waals surface area contributed by atoms with Gasteiger partial charge in [-0.15, -0.1) is 0 Å². The van der Waals surface area contributed by atoms with Crippen LogP contribution in [0.15, 0.2) is 49.3 Å². The Morgan fingerprint density at radius 2 is 1.79 bits per heavy atom. The Morgan fingerprint density at radius 3 is 2.45 bits per heavy atom. The molecule has 6 nitrogen and oxygen atoms in total. The molecule has 3 rings (SSSR count). The number of fused-ring (bicyclic) bond motifs is 2. The molecule has 1 aromatic heterocycles. The van der Waals surface area contributed by atoms with Gasteiger partial charge in [0.05, 0.1) is 38.6 Å². The van der Waals surface area contributed by atoms with Crippen LogP contribution in [-0.2, 0) is 26.3 Å². The van der Waals surface area contributed by atoms with Crippen LogP contribution >= 0.6 is 0 Å². The number of unbranched alkanes of at least 4 members (excludes halogenated alkanes) is 2. The third kappa shape index (κ3) is 4.48. The summed E-state index contributed by atoms with van der Waals surface area (Å²) in [6.07, 6.45) is 5.74. The van der Waals surface area contributed by atoms with Gasteiger partial charge in [0.2, 0.25) is 5.43 Å². The van der Waals surface area contributed by atoms with Gasteiger partial charge in [-0.1, -0.05) is 19.8 Å². The van der Waals surface area contributed by atoms with Crippen molar-refractivity contribution in [1.29, 1.82) is 0 Å². The molecule has 29 heavy (non-hydrogen) atoms. The van der Waals surface area contributed by atoms with Crippen molar-refractivity contribution in [2.24, 2.45) is 0 Å². The van der Waals surface area contributed by atoms with Crippen LogP contribution in [0, 0.1) is 0 Å². The van der Waals surface area contributed by atoms with E-state index in [0.29, 0.717) is 16.4 Å². The number of carbonyl (C=O) groups is 1. The number of benzene rings is 2. The van der Waals surface area contributed by atoms with Gasteiger partial charge in [-0.05, 0) is 36.8 Å². The molecule has 0 amide bonds. The highest BCUT2D eigenvalue weighted by Crippen LogP contribution is 2.27. The van der Waals surface area contributed by atoms with Crippen molar-refractivity contribution in [2.75, 3.05) is 19.1 Å². The van der Waals surface area contributed by atoms with Crippen LogP contribution < -0.4 is 5.43 Å². The Bertz CT molecular complexity index is 1200. The van der Waals surface area contributed by atoms with E-state index in [1.54, 1.807) is 0 Å². The van der Waals surface area contributed by atoms with Gasteiger partial charge in [0, 0.05) is 28.2 Å². The molecule has 2 unspecified atom stereocenters. The molecule has 0 bridgehead atoms. The van der Waals surface area contributed by atoms with Gasteiger partial charge < -0.3 is 9.15 Å². The minimum atomic E-state index is -1.44. The molecular weight excluding hydrogens is 412 g/mol. The topological polar surface area (TPSA) is 90.7 Å². The first-order chi connectivity index (χ1) is 13.8. The van der Waals surface area contributed by atoms with Gasteiger partial charge in [-0.25, -0.2) is 4.79 Å². The van der Waals surface area contributed by atoms with Crippen molar-refractivity contribution in [3.8, 4) is 0 Å². The summed E-state index contributed by atoms with van der Waals surface area (Å²) in [5, 5.41) is 0.399. The van der Waals surface area contributed by atoms with Crippen molar-refractivity contribution in [1.82, 2.24) is 0 Å². The molecule has 0 aliphatic carbocycles. The fraction of sp³-hybridized carbons (Fsp3) is 0.333. The highest BCUT2D eigenvalue weighted by Gasteiger charge is 2.18. The van der Waals surface area contributed by atoms with Gasteiger partial charge in [-0.2, -0.15) is 0 Å². The minimum Gasteiger partial charge on any atom is -0.462 e. The van der Waals surface area contributed by atoms with E-state index < -0.39 is 27.6 Å². The molecule has 0 spiro atoms. The zero-order valence-electron chi connectivity index (χ0n) is 16.5. The predicted molar refractivity (Wildman–Crippen MR) is 114 cm³/mol. The van der Waals surface area contributed by atoms with Crippen LogP contribution in [0.5, 0.6) is 0 Å². The summed E-state index contributed by atoms with van der Waals surface area (Å²) in [6, 6.07) is 7.54. The van der Waals surface area contributed by atoms with Crippen LogP contribution in [0.3, 0.4) is 0 Å². The lowest BCUT2D eigenvalue weighted by Gasteiger charge is -2.09. The molecular formula is C21H22O6S2. The van der Waals surface area contributed by atoms with E-state index in [1.807, 2.05) is 0 Å². The van der Waals surface area contributed by atoms with E-state index in [2.05, 4.69) is 6.92 Å². The van der Waals surface area contributed by atoms with E-state index in [9.17, 15) is 18.0 Å². The van der Waals surface area contributed by atoms with Crippen molar-refractivity contribution in [3.05, 3.63) is 46.1 Å². The molecule has 154 valence electrons. The van der Waals surface area contributed by atoms with Crippen molar-refractivity contribution in [2.45, 2.75) is 36.0 Å². The third-order valence-electron chi connectivity index (χ3n) is 4.57. The summed E-state index contributed by atoms with van der Waals surface area (Å²) in [5.41, 5.74) is 0.366. The van der Waals surface area contributed by atoms with E-state index in [4.69, 9.17) is 9.15 Å². The smallest absolute Gasteiger partial charge is 0.338 e. The van der Waals surface area contributed by atoms with E-state index in [0.717, 1.165) is 19.3 Å². The second-order valence-corrected chi connectivity index (χ2v) is 9.42. The fourth-order valence-corrected chi connectivity index (χ4v) is 4.36. The van der Waals surface area contributed by atoms with Crippen molar-refractivity contribution in [3.63, 3.8) is 0 Å². The zero-order chi connectivity index (χ0) is 21.1. The number of rotatable bonds is 7. The van der Waals surface area contributed by atoms with Crippen LogP contribution in [0.4, 0.5) is 0 Å². The maximum atomic E-state index is 13.1. The summed E-state index contributed by atoms with van der Waals surface area (Å²) in [5.74, 6) is -0.499. The van der Waals surface area contributed by atoms with Gasteiger partial charge >= 0.3 is 5.97 Å². The van der Waals surface area contributed by atoms with Gasteiger partial charge in [0.1, 0.15) is 5.58 Å². The first-order valence-electron chi connectivity index (χ1n) is 9.22. The predicted octanol–water partition coefficient (Wildman–Crippen LogP) is 3.77. The molecule has 0 fully saturated rings. The van der Waals surface area contributed by atoms with E-state index in [-0.39, 0.29) is 32.9 Å². The first kappa shape index (κ1) is 21.4. The Hall–Kier alpha value is -2.32. The molecule has 2 aromatic carbocycles. The maximum Gasteiger partial charge on any atom is 0.338 e. The SMILES string of the molecule is CCCCCOC(=O)c1ccc2oc3c(S(C)=O)cc(S(C)=O)cc3c(=O)c2c1. The monoisotopic (exact) mass is 434 g/mol. The molecule has 0 saturated heterocycles. The molecule has 3 aromatic rings. The van der Waals surface area contributed by atoms with Crippen molar-refractivity contribution < 1.29 is 22.4 Å². The average Bonchev–Trinajstić information content (AvgIpc) is 2.70. The highest BCUT2D eigenvalue weighted by atomic mass is 32.2. The van der Waals surface area contributed by atoms with Crippen LogP contribution in [0.1, 0.15) is 36.5 Å². The van der Waals surface area contributed by atoms with Gasteiger partial charge in [-0.3, -0.25) is 13.2 Å². The Morgan fingerprint density at radius 1 is 1.03 bits per heavy atom. The fourth-order valence-electron chi connectivity index (χ4n) is 3.01. The lowest BCUT2D eigenvalue weighted by Crippen LogP contribution is -2.09. The lowest BCUT2D eigenvalue weighted by atomic mass is 10.1. The molecule has 2 atom stereocenters. The summed E-state index contributed by atoms with van der Waals surface area (Å²) < 4.78 is 35.2. The van der Waals surface area contributed by atoms with Crippen LogP contribution in [-0.4, -0.2) is 33.5 Å². The quantitative estimate of drug-likeness (QED) is 0.319. The maximum absolute atomic E-state index is 13.1. The lowest BCUT2D eigenvalue weighted by molar-refractivity contribution is 0.0498. The molecule has 0 aliphatic heterocycles.